The highest BCUT2D eigenvalue weighted by molar-refractivity contribution is 6.74. The van der Waals surface area contributed by atoms with Gasteiger partial charge in [0, 0.05) is 6.54 Å². The summed E-state index contributed by atoms with van der Waals surface area (Å²) >= 11 is 0. The van der Waals surface area contributed by atoms with Crippen LogP contribution in [0.1, 0.15) is 46.6 Å². The monoisotopic (exact) mass is 391 g/mol. The van der Waals surface area contributed by atoms with Crippen molar-refractivity contribution in [1.82, 2.24) is 5.06 Å². The third-order valence-corrected chi connectivity index (χ3v) is 9.87. The number of hydrogen-bond donors (Lipinski definition) is 0. The Kier molecular flexibility index (Phi) is 7.09. The van der Waals surface area contributed by atoms with Crippen LogP contribution in [0.4, 0.5) is 0 Å². The molecule has 0 spiro atoms. The summed E-state index contributed by atoms with van der Waals surface area (Å²) < 4.78 is 18.8. The molecule has 1 fully saturated rings. The number of ether oxygens (including phenoxy) is 2. The first-order valence-corrected chi connectivity index (χ1v) is 12.8. The van der Waals surface area contributed by atoms with E-state index in [-0.39, 0.29) is 17.2 Å². The lowest BCUT2D eigenvalue weighted by molar-refractivity contribution is -0.179. The average molecular weight is 392 g/mol. The van der Waals surface area contributed by atoms with E-state index in [1.165, 1.54) is 5.56 Å². The summed E-state index contributed by atoms with van der Waals surface area (Å²) in [5, 5.41) is 2.26. The van der Waals surface area contributed by atoms with E-state index < -0.39 is 14.1 Å². The summed E-state index contributed by atoms with van der Waals surface area (Å²) in [7, 11) is -2.01. The van der Waals surface area contributed by atoms with Crippen LogP contribution in [0.3, 0.4) is 0 Å². The first kappa shape index (κ1) is 22.3. The second-order valence-corrected chi connectivity index (χ2v) is 14.1. The van der Waals surface area contributed by atoms with Gasteiger partial charge in [0.15, 0.2) is 5.79 Å². The SMILES string of the molecule is C=CC[C@@H]([C@H]1COC(C)(C)O1)N(Cc1ccccc1)O[Si](C)(C)C(C)(C)C. The Morgan fingerprint density at radius 3 is 2.41 bits per heavy atom. The Morgan fingerprint density at radius 2 is 1.93 bits per heavy atom. The maximum Gasteiger partial charge on any atom is 0.220 e. The fraction of sp³-hybridized carbons (Fsp3) is 0.636. The average Bonchev–Trinajstić information content (AvgIpc) is 2.91. The van der Waals surface area contributed by atoms with E-state index in [4.69, 9.17) is 14.0 Å². The molecule has 5 heteroatoms. The second-order valence-electron chi connectivity index (χ2n) is 9.37. The molecule has 0 amide bonds. The smallest absolute Gasteiger partial charge is 0.220 e. The topological polar surface area (TPSA) is 30.9 Å². The molecule has 1 aliphatic heterocycles. The molecule has 1 saturated heterocycles. The lowest BCUT2D eigenvalue weighted by atomic mass is 10.1. The minimum Gasteiger partial charge on any atom is -0.348 e. The third kappa shape index (κ3) is 6.00. The van der Waals surface area contributed by atoms with Crippen molar-refractivity contribution in [3.05, 3.63) is 48.6 Å². The Bertz CT molecular complexity index is 610. The zero-order chi connectivity index (χ0) is 20.3. The van der Waals surface area contributed by atoms with E-state index >= 15 is 0 Å². The van der Waals surface area contributed by atoms with Gasteiger partial charge >= 0.3 is 0 Å². The van der Waals surface area contributed by atoms with Crippen molar-refractivity contribution in [3.8, 4) is 0 Å². The van der Waals surface area contributed by atoms with E-state index in [0.717, 1.165) is 6.42 Å². The Hall–Kier alpha value is -0.983. The summed E-state index contributed by atoms with van der Waals surface area (Å²) in [4.78, 5) is 0. The molecule has 2 atom stereocenters. The Morgan fingerprint density at radius 1 is 1.30 bits per heavy atom. The van der Waals surface area contributed by atoms with Gasteiger partial charge in [-0.25, -0.2) is 0 Å². The quantitative estimate of drug-likeness (QED) is 0.331. The van der Waals surface area contributed by atoms with Gasteiger partial charge in [0.2, 0.25) is 8.32 Å². The Labute approximate surface area is 166 Å². The molecular formula is C22H37NO3Si. The molecule has 1 aromatic carbocycles. The molecule has 0 bridgehead atoms. The van der Waals surface area contributed by atoms with Crippen molar-refractivity contribution in [3.63, 3.8) is 0 Å². The second kappa shape index (κ2) is 8.58. The van der Waals surface area contributed by atoms with Crippen LogP contribution < -0.4 is 0 Å². The van der Waals surface area contributed by atoms with Crippen LogP contribution in [0.15, 0.2) is 43.0 Å². The molecule has 0 aromatic heterocycles. The van der Waals surface area contributed by atoms with Crippen molar-refractivity contribution >= 4 is 8.32 Å². The molecular weight excluding hydrogens is 354 g/mol. The zero-order valence-corrected chi connectivity index (χ0v) is 19.1. The minimum absolute atomic E-state index is 0.0496. The van der Waals surface area contributed by atoms with Gasteiger partial charge in [-0.05, 0) is 44.0 Å². The van der Waals surface area contributed by atoms with Gasteiger partial charge in [0.05, 0.1) is 12.6 Å². The summed E-state index contributed by atoms with van der Waals surface area (Å²) in [5.74, 6) is -0.556. The normalized spacial score (nSPS) is 21.4. The Balaban J connectivity index is 2.31. The first-order chi connectivity index (χ1) is 12.5. The summed E-state index contributed by atoms with van der Waals surface area (Å²) in [6.45, 7) is 20.6. The molecule has 1 heterocycles. The standard InChI is InChI=1S/C22H37NO3Si/c1-9-13-19(20-17-24-22(5,6)25-20)23(16-18-14-11-10-12-15-18)26-27(7,8)21(2,3)4/h9-12,14-15,19-20H,1,13,16-17H2,2-8H3/t19-,20+/m0/s1. The van der Waals surface area contributed by atoms with Gasteiger partial charge in [0.1, 0.15) is 6.10 Å². The van der Waals surface area contributed by atoms with Gasteiger partial charge in [0.25, 0.3) is 0 Å². The number of rotatable bonds is 8. The first-order valence-electron chi connectivity index (χ1n) is 9.87. The van der Waals surface area contributed by atoms with Gasteiger partial charge in [-0.3, -0.25) is 0 Å². The van der Waals surface area contributed by atoms with Crippen LogP contribution in [-0.2, 0) is 20.5 Å². The number of benzene rings is 1. The van der Waals surface area contributed by atoms with E-state index in [0.29, 0.717) is 13.2 Å². The summed E-state index contributed by atoms with van der Waals surface area (Å²) in [6.07, 6.45) is 2.68. The molecule has 27 heavy (non-hydrogen) atoms. The minimum atomic E-state index is -2.01. The molecule has 0 radical (unpaired) electrons. The predicted octanol–water partition coefficient (Wildman–Crippen LogP) is 5.52. The highest BCUT2D eigenvalue weighted by atomic mass is 28.4. The van der Waals surface area contributed by atoms with Gasteiger partial charge < -0.3 is 14.0 Å². The van der Waals surface area contributed by atoms with Crippen molar-refractivity contribution in [1.29, 1.82) is 0 Å². The maximum atomic E-state index is 6.79. The molecule has 1 aliphatic rings. The van der Waals surface area contributed by atoms with Crippen LogP contribution >= 0.6 is 0 Å². The van der Waals surface area contributed by atoms with Crippen LogP contribution in [0.2, 0.25) is 18.1 Å². The molecule has 0 N–H and O–H groups in total. The van der Waals surface area contributed by atoms with Crippen LogP contribution in [0.25, 0.3) is 0 Å². The van der Waals surface area contributed by atoms with E-state index in [9.17, 15) is 0 Å². The highest BCUT2D eigenvalue weighted by Gasteiger charge is 2.44. The molecule has 0 saturated carbocycles. The molecule has 0 unspecified atom stereocenters. The van der Waals surface area contributed by atoms with Crippen LogP contribution in [-0.4, -0.2) is 37.9 Å². The van der Waals surface area contributed by atoms with Crippen molar-refractivity contribution in [2.75, 3.05) is 6.61 Å². The number of nitrogens with zero attached hydrogens (tertiary/aromatic N) is 1. The molecule has 0 aliphatic carbocycles. The van der Waals surface area contributed by atoms with E-state index in [1.54, 1.807) is 0 Å². The van der Waals surface area contributed by atoms with Gasteiger partial charge in [-0.2, -0.15) is 5.06 Å². The predicted molar refractivity (Wildman–Crippen MR) is 114 cm³/mol. The highest BCUT2D eigenvalue weighted by Crippen LogP contribution is 2.39. The van der Waals surface area contributed by atoms with E-state index in [1.807, 2.05) is 26.0 Å². The van der Waals surface area contributed by atoms with E-state index in [2.05, 4.69) is 69.8 Å². The third-order valence-electron chi connectivity index (χ3n) is 5.57. The van der Waals surface area contributed by atoms with Crippen molar-refractivity contribution < 1.29 is 14.0 Å². The lowest BCUT2D eigenvalue weighted by Crippen LogP contribution is -2.53. The lowest BCUT2D eigenvalue weighted by Gasteiger charge is -2.43. The number of hydroxylamine groups is 2. The zero-order valence-electron chi connectivity index (χ0n) is 18.1. The van der Waals surface area contributed by atoms with Gasteiger partial charge in [-0.15, -0.1) is 6.58 Å². The van der Waals surface area contributed by atoms with Gasteiger partial charge in [-0.1, -0.05) is 57.2 Å². The van der Waals surface area contributed by atoms with Crippen LogP contribution in [0, 0.1) is 0 Å². The molecule has 152 valence electrons. The summed E-state index contributed by atoms with van der Waals surface area (Å²) in [6, 6.07) is 10.5. The molecule has 4 nitrogen and oxygen atoms in total. The summed E-state index contributed by atoms with van der Waals surface area (Å²) in [5.41, 5.74) is 1.23. The largest absolute Gasteiger partial charge is 0.348 e. The van der Waals surface area contributed by atoms with Crippen molar-refractivity contribution in [2.24, 2.45) is 0 Å². The maximum absolute atomic E-state index is 6.79. The van der Waals surface area contributed by atoms with Crippen LogP contribution in [0.5, 0.6) is 0 Å². The molecule has 1 aromatic rings. The molecule has 2 rings (SSSR count). The fourth-order valence-electron chi connectivity index (χ4n) is 2.94. The fourth-order valence-corrected chi connectivity index (χ4v) is 4.00. The number of hydrogen-bond acceptors (Lipinski definition) is 4. The van der Waals surface area contributed by atoms with Crippen molar-refractivity contribution in [2.45, 2.75) is 83.6 Å².